The van der Waals surface area contributed by atoms with E-state index in [0.29, 0.717) is 22.1 Å². The summed E-state index contributed by atoms with van der Waals surface area (Å²) in [5.74, 6) is -0.442. The molecule has 0 aliphatic carbocycles. The average molecular weight is 333 g/mol. The van der Waals surface area contributed by atoms with E-state index in [1.54, 1.807) is 35.8 Å². The highest BCUT2D eigenvalue weighted by Crippen LogP contribution is 2.31. The summed E-state index contributed by atoms with van der Waals surface area (Å²) < 4.78 is 15.7. The Kier molecular flexibility index (Phi) is 5.23. The van der Waals surface area contributed by atoms with Crippen molar-refractivity contribution >= 4 is 23.2 Å². The third kappa shape index (κ3) is 3.46. The van der Waals surface area contributed by atoms with Gasteiger partial charge in [0, 0.05) is 17.0 Å². The fourth-order valence-electron chi connectivity index (χ4n) is 2.76. The molecule has 1 heterocycles. The van der Waals surface area contributed by atoms with Crippen LogP contribution in [0.2, 0.25) is 5.02 Å². The molecule has 0 saturated heterocycles. The van der Waals surface area contributed by atoms with Crippen molar-refractivity contribution in [3.63, 3.8) is 0 Å². The zero-order valence-electron chi connectivity index (χ0n) is 13.3. The van der Waals surface area contributed by atoms with Crippen LogP contribution in [0.15, 0.2) is 30.3 Å². The fourth-order valence-corrected chi connectivity index (χ4v) is 3.11. The SMILES string of the molecule is [C-]#[N+]c1ccc(C(=O)C[C@H](C)c2c(F)cccc2Cl)n1C(C)C. The number of hydrogen-bond acceptors (Lipinski definition) is 1. The molecule has 0 bridgehead atoms. The van der Waals surface area contributed by atoms with Gasteiger partial charge in [0.1, 0.15) is 5.82 Å². The Morgan fingerprint density at radius 2 is 2.00 bits per heavy atom. The predicted molar refractivity (Wildman–Crippen MR) is 89.9 cm³/mol. The molecule has 1 atom stereocenters. The van der Waals surface area contributed by atoms with Gasteiger partial charge in [-0.15, -0.1) is 0 Å². The molecule has 120 valence electrons. The number of halogens is 2. The Morgan fingerprint density at radius 3 is 2.57 bits per heavy atom. The second-order valence-corrected chi connectivity index (χ2v) is 6.22. The van der Waals surface area contributed by atoms with Crippen LogP contribution in [-0.4, -0.2) is 10.4 Å². The Balaban J connectivity index is 2.30. The molecular weight excluding hydrogens is 315 g/mol. The first-order valence-electron chi connectivity index (χ1n) is 7.42. The highest BCUT2D eigenvalue weighted by molar-refractivity contribution is 6.31. The summed E-state index contributed by atoms with van der Waals surface area (Å²) in [6.45, 7) is 12.8. The van der Waals surface area contributed by atoms with Gasteiger partial charge >= 0.3 is 0 Å². The molecule has 1 aromatic carbocycles. The van der Waals surface area contributed by atoms with Crippen molar-refractivity contribution in [1.82, 2.24) is 4.57 Å². The van der Waals surface area contributed by atoms with Crippen molar-refractivity contribution < 1.29 is 9.18 Å². The van der Waals surface area contributed by atoms with Crippen molar-refractivity contribution in [2.45, 2.75) is 39.2 Å². The van der Waals surface area contributed by atoms with E-state index in [4.69, 9.17) is 18.2 Å². The Bertz CT molecular complexity index is 754. The largest absolute Gasteiger partial charge is 0.364 e. The number of Topliss-reactive ketones (excluding diaryl/α,β-unsaturated/α-hetero) is 1. The first kappa shape index (κ1) is 17.2. The monoisotopic (exact) mass is 332 g/mol. The minimum absolute atomic E-state index is 0.000375. The zero-order chi connectivity index (χ0) is 17.1. The lowest BCUT2D eigenvalue weighted by molar-refractivity contribution is 0.0965. The van der Waals surface area contributed by atoms with Gasteiger partial charge in [-0.3, -0.25) is 9.36 Å². The van der Waals surface area contributed by atoms with Gasteiger partial charge in [0.25, 0.3) is 0 Å². The van der Waals surface area contributed by atoms with Crippen LogP contribution in [-0.2, 0) is 0 Å². The molecule has 0 saturated carbocycles. The summed E-state index contributed by atoms with van der Waals surface area (Å²) >= 11 is 6.07. The fraction of sp³-hybridized carbons (Fsp3) is 0.333. The first-order valence-corrected chi connectivity index (χ1v) is 7.80. The molecule has 0 N–H and O–H groups in total. The maximum atomic E-state index is 14.0. The van der Waals surface area contributed by atoms with Crippen molar-refractivity contribution in [1.29, 1.82) is 0 Å². The van der Waals surface area contributed by atoms with Crippen molar-refractivity contribution in [2.75, 3.05) is 0 Å². The number of hydrogen-bond donors (Lipinski definition) is 0. The van der Waals surface area contributed by atoms with Crippen LogP contribution in [0, 0.1) is 12.4 Å². The molecule has 1 aromatic heterocycles. The lowest BCUT2D eigenvalue weighted by Gasteiger charge is -2.15. The molecular formula is C18H18ClFN2O. The van der Waals surface area contributed by atoms with Crippen LogP contribution in [0.25, 0.3) is 4.85 Å². The summed E-state index contributed by atoms with van der Waals surface area (Å²) in [4.78, 5) is 16.1. The van der Waals surface area contributed by atoms with E-state index in [9.17, 15) is 9.18 Å². The number of aromatic nitrogens is 1. The maximum Gasteiger partial charge on any atom is 0.230 e. The molecule has 0 amide bonds. The van der Waals surface area contributed by atoms with E-state index in [1.165, 1.54) is 6.07 Å². The van der Waals surface area contributed by atoms with E-state index >= 15 is 0 Å². The van der Waals surface area contributed by atoms with Crippen LogP contribution in [0.4, 0.5) is 10.2 Å². The molecule has 0 spiro atoms. The molecule has 0 aliphatic heterocycles. The average Bonchev–Trinajstić information content (AvgIpc) is 2.91. The minimum Gasteiger partial charge on any atom is -0.364 e. The van der Waals surface area contributed by atoms with Crippen LogP contribution >= 0.6 is 11.6 Å². The van der Waals surface area contributed by atoms with Gasteiger partial charge < -0.3 is 4.85 Å². The topological polar surface area (TPSA) is 26.4 Å². The van der Waals surface area contributed by atoms with Gasteiger partial charge in [0.2, 0.25) is 11.6 Å². The van der Waals surface area contributed by atoms with Gasteiger partial charge in [0.15, 0.2) is 5.69 Å². The lowest BCUT2D eigenvalue weighted by atomic mass is 9.94. The van der Waals surface area contributed by atoms with Crippen molar-refractivity contribution in [3.05, 3.63) is 63.8 Å². The lowest BCUT2D eigenvalue weighted by Crippen LogP contribution is -2.13. The van der Waals surface area contributed by atoms with E-state index in [-0.39, 0.29) is 24.2 Å². The van der Waals surface area contributed by atoms with E-state index in [1.807, 2.05) is 13.8 Å². The standard InChI is InChI=1S/C18H18ClFN2O/c1-11(2)22-15(8-9-17(22)21-4)16(23)10-12(3)18-13(19)6-5-7-14(18)20/h5-9,11-12H,10H2,1-3H3/t12-/m0/s1. The number of carbonyl (C=O) groups excluding carboxylic acids is 1. The van der Waals surface area contributed by atoms with E-state index in [0.717, 1.165) is 0 Å². The van der Waals surface area contributed by atoms with Crippen LogP contribution < -0.4 is 0 Å². The van der Waals surface area contributed by atoms with Gasteiger partial charge in [-0.25, -0.2) is 4.39 Å². The van der Waals surface area contributed by atoms with Crippen molar-refractivity contribution in [3.8, 4) is 0 Å². The normalized spacial score (nSPS) is 12.2. The van der Waals surface area contributed by atoms with Crippen LogP contribution in [0.1, 0.15) is 55.2 Å². The maximum absolute atomic E-state index is 14.0. The van der Waals surface area contributed by atoms with Crippen molar-refractivity contribution in [2.24, 2.45) is 0 Å². The zero-order valence-corrected chi connectivity index (χ0v) is 14.1. The smallest absolute Gasteiger partial charge is 0.230 e. The number of nitrogens with zero attached hydrogens (tertiary/aromatic N) is 2. The number of rotatable bonds is 5. The Morgan fingerprint density at radius 1 is 1.30 bits per heavy atom. The Hall–Kier alpha value is -2.12. The molecule has 0 aliphatic rings. The molecule has 0 fully saturated rings. The summed E-state index contributed by atoms with van der Waals surface area (Å²) in [5, 5.41) is 0.325. The molecule has 2 aromatic rings. The minimum atomic E-state index is -0.404. The summed E-state index contributed by atoms with van der Waals surface area (Å²) in [6.07, 6.45) is 0.134. The quantitative estimate of drug-likeness (QED) is 0.503. The van der Waals surface area contributed by atoms with Gasteiger partial charge in [-0.1, -0.05) is 31.2 Å². The highest BCUT2D eigenvalue weighted by atomic mass is 35.5. The van der Waals surface area contributed by atoms with Crippen LogP contribution in [0.5, 0.6) is 0 Å². The second kappa shape index (κ2) is 6.97. The van der Waals surface area contributed by atoms with E-state index < -0.39 is 5.82 Å². The molecule has 3 nitrogen and oxygen atoms in total. The van der Waals surface area contributed by atoms with Gasteiger partial charge in [-0.2, -0.15) is 0 Å². The van der Waals surface area contributed by atoms with Crippen LogP contribution in [0.3, 0.4) is 0 Å². The van der Waals surface area contributed by atoms with Gasteiger partial charge in [0.05, 0.1) is 6.04 Å². The summed E-state index contributed by atoms with van der Waals surface area (Å²) in [5.41, 5.74) is 0.834. The summed E-state index contributed by atoms with van der Waals surface area (Å²) in [7, 11) is 0. The third-order valence-electron chi connectivity index (χ3n) is 3.80. The number of carbonyl (C=O) groups is 1. The molecule has 0 unspecified atom stereocenters. The second-order valence-electron chi connectivity index (χ2n) is 5.82. The third-order valence-corrected chi connectivity index (χ3v) is 4.13. The Labute approximate surface area is 140 Å². The first-order chi connectivity index (χ1) is 10.9. The number of ketones is 1. The van der Waals surface area contributed by atoms with Gasteiger partial charge in [-0.05, 0) is 44.0 Å². The van der Waals surface area contributed by atoms with E-state index in [2.05, 4.69) is 4.85 Å². The molecule has 5 heteroatoms. The molecule has 0 radical (unpaired) electrons. The molecule has 2 rings (SSSR count). The number of benzene rings is 1. The summed E-state index contributed by atoms with van der Waals surface area (Å²) in [6, 6.07) is 7.80. The predicted octanol–water partition coefficient (Wildman–Crippen LogP) is 5.79. The highest BCUT2D eigenvalue weighted by Gasteiger charge is 2.24. The molecule has 23 heavy (non-hydrogen) atoms.